The fraction of sp³-hybridized carbons (Fsp3) is 0.417. The van der Waals surface area contributed by atoms with Gasteiger partial charge in [-0.3, -0.25) is 0 Å². The molecule has 16 heavy (non-hydrogen) atoms. The van der Waals surface area contributed by atoms with Gasteiger partial charge in [0.15, 0.2) is 0 Å². The van der Waals surface area contributed by atoms with Gasteiger partial charge < -0.3 is 16.0 Å². The van der Waals surface area contributed by atoms with Crippen LogP contribution < -0.4 is 11.1 Å². The highest BCUT2D eigenvalue weighted by Gasteiger charge is 2.23. The molecule has 1 atom stereocenters. The van der Waals surface area contributed by atoms with Crippen molar-refractivity contribution in [2.24, 2.45) is 5.73 Å². The Balaban J connectivity index is 1.97. The van der Waals surface area contributed by atoms with E-state index in [-0.39, 0.29) is 12.1 Å². The van der Waals surface area contributed by atoms with Crippen molar-refractivity contribution in [1.82, 2.24) is 4.90 Å². The predicted octanol–water partition coefficient (Wildman–Crippen LogP) is 1.56. The van der Waals surface area contributed by atoms with Crippen LogP contribution in [0.2, 0.25) is 0 Å². The molecule has 1 fully saturated rings. The lowest BCUT2D eigenvalue weighted by atomic mass is 10.2. The summed E-state index contributed by atoms with van der Waals surface area (Å²) >= 11 is 0. The molecule has 2 rings (SSSR count). The lowest BCUT2D eigenvalue weighted by Gasteiger charge is -2.16. The molecule has 0 spiro atoms. The number of hydrogen-bond donors (Lipinski definition) is 2. The van der Waals surface area contributed by atoms with Crippen molar-refractivity contribution in [2.45, 2.75) is 19.4 Å². The molecule has 0 aliphatic carbocycles. The Morgan fingerprint density at radius 3 is 3.00 bits per heavy atom. The van der Waals surface area contributed by atoms with Crippen LogP contribution in [0.3, 0.4) is 0 Å². The van der Waals surface area contributed by atoms with E-state index in [4.69, 9.17) is 5.73 Å². The topological polar surface area (TPSA) is 58.4 Å². The zero-order valence-electron chi connectivity index (χ0n) is 9.44. The number of likely N-dealkylation sites (tertiary alicyclic amines) is 1. The minimum atomic E-state index is -0.0569. The van der Waals surface area contributed by atoms with E-state index in [0.29, 0.717) is 6.54 Å². The summed E-state index contributed by atoms with van der Waals surface area (Å²) in [7, 11) is 0. The number of aryl methyl sites for hydroxylation is 1. The average molecular weight is 219 g/mol. The second kappa shape index (κ2) is 4.53. The maximum atomic E-state index is 11.8. The summed E-state index contributed by atoms with van der Waals surface area (Å²) in [5.41, 5.74) is 7.73. The largest absolute Gasteiger partial charge is 0.326 e. The van der Waals surface area contributed by atoms with Crippen LogP contribution in [-0.4, -0.2) is 30.1 Å². The molecule has 1 aromatic carbocycles. The first kappa shape index (κ1) is 11.0. The number of nitrogens with zero attached hydrogens (tertiary/aromatic N) is 1. The van der Waals surface area contributed by atoms with Gasteiger partial charge in [-0.05, 0) is 31.0 Å². The first-order chi connectivity index (χ1) is 7.65. The number of nitrogens with one attached hydrogen (secondary N) is 1. The Morgan fingerprint density at radius 2 is 2.38 bits per heavy atom. The van der Waals surface area contributed by atoms with Crippen molar-refractivity contribution in [3.63, 3.8) is 0 Å². The lowest BCUT2D eigenvalue weighted by molar-refractivity contribution is 0.222. The monoisotopic (exact) mass is 219 g/mol. The van der Waals surface area contributed by atoms with Crippen LogP contribution in [0.4, 0.5) is 10.5 Å². The van der Waals surface area contributed by atoms with E-state index >= 15 is 0 Å². The summed E-state index contributed by atoms with van der Waals surface area (Å²) in [5, 5.41) is 2.88. The smallest absolute Gasteiger partial charge is 0.321 e. The molecule has 1 unspecified atom stereocenters. The number of hydrogen-bond acceptors (Lipinski definition) is 2. The standard InChI is InChI=1S/C12H17N3O/c1-9-3-2-4-11(7-9)14-12(16)15-6-5-10(13)8-15/h2-4,7,10H,5-6,8,13H2,1H3,(H,14,16). The quantitative estimate of drug-likeness (QED) is 0.753. The van der Waals surface area contributed by atoms with Crippen molar-refractivity contribution in [2.75, 3.05) is 18.4 Å². The lowest BCUT2D eigenvalue weighted by Crippen LogP contribution is -2.35. The highest BCUT2D eigenvalue weighted by Crippen LogP contribution is 2.13. The molecule has 1 heterocycles. The van der Waals surface area contributed by atoms with Crippen molar-refractivity contribution < 1.29 is 4.79 Å². The van der Waals surface area contributed by atoms with Gasteiger partial charge in [0.2, 0.25) is 0 Å². The molecule has 4 nitrogen and oxygen atoms in total. The number of nitrogens with two attached hydrogens (primary N) is 1. The summed E-state index contributed by atoms with van der Waals surface area (Å²) in [6.07, 6.45) is 0.890. The van der Waals surface area contributed by atoms with Gasteiger partial charge in [-0.15, -0.1) is 0 Å². The number of rotatable bonds is 1. The van der Waals surface area contributed by atoms with Crippen LogP contribution in [0.15, 0.2) is 24.3 Å². The van der Waals surface area contributed by atoms with Crippen LogP contribution in [0.5, 0.6) is 0 Å². The van der Waals surface area contributed by atoms with Gasteiger partial charge in [0.1, 0.15) is 0 Å². The maximum absolute atomic E-state index is 11.8. The second-order valence-electron chi connectivity index (χ2n) is 4.29. The Kier molecular flexibility index (Phi) is 3.10. The number of carbonyl (C=O) groups excluding carboxylic acids is 1. The fourth-order valence-electron chi connectivity index (χ4n) is 1.90. The zero-order valence-corrected chi connectivity index (χ0v) is 9.44. The normalized spacial score (nSPS) is 19.9. The van der Waals surface area contributed by atoms with E-state index in [0.717, 1.165) is 24.2 Å². The minimum absolute atomic E-state index is 0.0569. The second-order valence-corrected chi connectivity index (χ2v) is 4.29. The third kappa shape index (κ3) is 2.52. The van der Waals surface area contributed by atoms with Gasteiger partial charge in [0.25, 0.3) is 0 Å². The van der Waals surface area contributed by atoms with Crippen LogP contribution in [0.1, 0.15) is 12.0 Å². The molecule has 1 aliphatic heterocycles. The van der Waals surface area contributed by atoms with Gasteiger partial charge in [0.05, 0.1) is 0 Å². The molecule has 0 radical (unpaired) electrons. The molecule has 1 aliphatic rings. The van der Waals surface area contributed by atoms with Crippen molar-refractivity contribution in [3.05, 3.63) is 29.8 Å². The SMILES string of the molecule is Cc1cccc(NC(=O)N2CCC(N)C2)c1. The van der Waals surface area contributed by atoms with Crippen molar-refractivity contribution in [3.8, 4) is 0 Å². The molecular formula is C12H17N3O. The van der Waals surface area contributed by atoms with E-state index < -0.39 is 0 Å². The molecule has 0 aromatic heterocycles. The maximum Gasteiger partial charge on any atom is 0.321 e. The van der Waals surface area contributed by atoms with E-state index in [9.17, 15) is 4.79 Å². The molecular weight excluding hydrogens is 202 g/mol. The molecule has 1 saturated heterocycles. The summed E-state index contributed by atoms with van der Waals surface area (Å²) in [5.74, 6) is 0. The summed E-state index contributed by atoms with van der Waals surface area (Å²) in [4.78, 5) is 13.6. The minimum Gasteiger partial charge on any atom is -0.326 e. The molecule has 1 aromatic rings. The third-order valence-corrected chi connectivity index (χ3v) is 2.78. The van der Waals surface area contributed by atoms with Crippen LogP contribution in [0, 0.1) is 6.92 Å². The van der Waals surface area contributed by atoms with Gasteiger partial charge >= 0.3 is 6.03 Å². The number of carbonyl (C=O) groups is 1. The summed E-state index contributed by atoms with van der Waals surface area (Å²) < 4.78 is 0. The highest BCUT2D eigenvalue weighted by molar-refractivity contribution is 5.89. The number of urea groups is 1. The molecule has 2 amide bonds. The molecule has 4 heteroatoms. The van der Waals surface area contributed by atoms with Gasteiger partial charge in [0, 0.05) is 24.8 Å². The molecule has 0 saturated carbocycles. The Labute approximate surface area is 95.4 Å². The first-order valence-electron chi connectivity index (χ1n) is 5.53. The summed E-state index contributed by atoms with van der Waals surface area (Å²) in [6, 6.07) is 7.85. The Morgan fingerprint density at radius 1 is 1.56 bits per heavy atom. The number of anilines is 1. The van der Waals surface area contributed by atoms with E-state index in [1.165, 1.54) is 0 Å². The number of benzene rings is 1. The average Bonchev–Trinajstić information content (AvgIpc) is 2.65. The van der Waals surface area contributed by atoms with Gasteiger partial charge in [-0.1, -0.05) is 12.1 Å². The van der Waals surface area contributed by atoms with E-state index in [1.54, 1.807) is 4.90 Å². The molecule has 86 valence electrons. The number of amides is 2. The van der Waals surface area contributed by atoms with E-state index in [2.05, 4.69) is 5.32 Å². The zero-order chi connectivity index (χ0) is 11.5. The highest BCUT2D eigenvalue weighted by atomic mass is 16.2. The van der Waals surface area contributed by atoms with Crippen molar-refractivity contribution >= 4 is 11.7 Å². The fourth-order valence-corrected chi connectivity index (χ4v) is 1.90. The Bertz CT molecular complexity index is 392. The third-order valence-electron chi connectivity index (χ3n) is 2.78. The predicted molar refractivity (Wildman–Crippen MR) is 64.4 cm³/mol. The van der Waals surface area contributed by atoms with Crippen LogP contribution in [-0.2, 0) is 0 Å². The van der Waals surface area contributed by atoms with Gasteiger partial charge in [-0.2, -0.15) is 0 Å². The Hall–Kier alpha value is -1.55. The van der Waals surface area contributed by atoms with E-state index in [1.807, 2.05) is 31.2 Å². The van der Waals surface area contributed by atoms with Crippen LogP contribution >= 0.6 is 0 Å². The van der Waals surface area contributed by atoms with Crippen molar-refractivity contribution in [1.29, 1.82) is 0 Å². The first-order valence-corrected chi connectivity index (χ1v) is 5.53. The van der Waals surface area contributed by atoms with Gasteiger partial charge in [-0.25, -0.2) is 4.79 Å². The molecule has 0 bridgehead atoms. The summed E-state index contributed by atoms with van der Waals surface area (Å²) in [6.45, 7) is 3.40. The van der Waals surface area contributed by atoms with Crippen LogP contribution in [0.25, 0.3) is 0 Å². The molecule has 3 N–H and O–H groups in total.